The number of oxazole rings is 1. The lowest BCUT2D eigenvalue weighted by atomic mass is 10.1. The van der Waals surface area contributed by atoms with Gasteiger partial charge >= 0.3 is 0 Å². The van der Waals surface area contributed by atoms with E-state index < -0.39 is 0 Å². The van der Waals surface area contributed by atoms with Gasteiger partial charge in [-0.1, -0.05) is 0 Å². The summed E-state index contributed by atoms with van der Waals surface area (Å²) >= 11 is 0. The highest BCUT2D eigenvalue weighted by Crippen LogP contribution is 2.44. The van der Waals surface area contributed by atoms with Crippen LogP contribution in [0, 0.1) is 0 Å². The summed E-state index contributed by atoms with van der Waals surface area (Å²) < 4.78 is 7.24. The van der Waals surface area contributed by atoms with E-state index in [1.54, 1.807) is 18.6 Å². The summed E-state index contributed by atoms with van der Waals surface area (Å²) in [5, 5.41) is 14.8. The fourth-order valence-corrected chi connectivity index (χ4v) is 3.12. The van der Waals surface area contributed by atoms with Gasteiger partial charge in [0, 0.05) is 24.3 Å². The number of aryl methyl sites for hydroxylation is 1. The van der Waals surface area contributed by atoms with Crippen molar-refractivity contribution in [1.29, 1.82) is 0 Å². The number of nitrogens with zero attached hydrogens (tertiary/aromatic N) is 4. The molecular formula is C18H17ClN6O2. The van der Waals surface area contributed by atoms with Crippen molar-refractivity contribution in [3.8, 4) is 11.5 Å². The molecule has 1 aromatic carbocycles. The number of amides is 1. The predicted octanol–water partition coefficient (Wildman–Crippen LogP) is 3.50. The summed E-state index contributed by atoms with van der Waals surface area (Å²) in [6.07, 6.45) is 8.69. The minimum atomic E-state index is -0.298. The summed E-state index contributed by atoms with van der Waals surface area (Å²) in [5.74, 6) is 0.547. The lowest BCUT2D eigenvalue weighted by Gasteiger charge is -2.10. The molecule has 0 saturated heterocycles. The molecule has 0 spiro atoms. The van der Waals surface area contributed by atoms with Crippen molar-refractivity contribution in [2.45, 2.75) is 18.8 Å². The van der Waals surface area contributed by atoms with E-state index in [1.807, 2.05) is 17.8 Å². The maximum Gasteiger partial charge on any atom is 0.277 e. The SMILES string of the molecule is Cl.Cn1ncc2cc(NC(=O)c3coc(-c4cn[nH]c4)n3)c(C3CC3)cc21. The van der Waals surface area contributed by atoms with Crippen LogP contribution in [-0.4, -0.2) is 30.9 Å². The Hall–Kier alpha value is -3.13. The number of rotatable bonds is 4. The molecule has 3 aromatic heterocycles. The maximum atomic E-state index is 12.7. The topological polar surface area (TPSA) is 102 Å². The fraction of sp³-hybridized carbons (Fsp3) is 0.222. The van der Waals surface area contributed by atoms with E-state index in [0.717, 1.165) is 35.0 Å². The minimum absolute atomic E-state index is 0. The third-order valence-corrected chi connectivity index (χ3v) is 4.66. The van der Waals surface area contributed by atoms with Gasteiger partial charge in [-0.25, -0.2) is 4.98 Å². The molecule has 1 amide bonds. The molecule has 0 aliphatic heterocycles. The molecule has 5 rings (SSSR count). The van der Waals surface area contributed by atoms with E-state index in [9.17, 15) is 4.79 Å². The van der Waals surface area contributed by atoms with Crippen LogP contribution in [0.4, 0.5) is 5.69 Å². The Balaban J connectivity index is 0.00000180. The van der Waals surface area contributed by atoms with E-state index in [1.165, 1.54) is 6.26 Å². The summed E-state index contributed by atoms with van der Waals surface area (Å²) in [6, 6.07) is 4.10. The van der Waals surface area contributed by atoms with Crippen LogP contribution >= 0.6 is 12.4 Å². The van der Waals surface area contributed by atoms with Crippen LogP contribution in [0.3, 0.4) is 0 Å². The molecule has 27 heavy (non-hydrogen) atoms. The highest BCUT2D eigenvalue weighted by molar-refractivity contribution is 6.04. The van der Waals surface area contributed by atoms with Gasteiger partial charge in [0.2, 0.25) is 5.89 Å². The number of carbonyl (C=O) groups is 1. The highest BCUT2D eigenvalue weighted by Gasteiger charge is 2.28. The second-order valence-electron chi connectivity index (χ2n) is 6.52. The number of hydrogen-bond acceptors (Lipinski definition) is 5. The van der Waals surface area contributed by atoms with Crippen molar-refractivity contribution in [2.75, 3.05) is 5.32 Å². The van der Waals surface area contributed by atoms with Crippen LogP contribution in [0.5, 0.6) is 0 Å². The number of H-pyrrole nitrogens is 1. The average Bonchev–Trinajstić information content (AvgIpc) is 3.04. The summed E-state index contributed by atoms with van der Waals surface area (Å²) in [4.78, 5) is 16.9. The van der Waals surface area contributed by atoms with Crippen LogP contribution in [0.1, 0.15) is 34.8 Å². The van der Waals surface area contributed by atoms with Gasteiger partial charge in [-0.3, -0.25) is 14.6 Å². The molecule has 0 radical (unpaired) electrons. The molecule has 138 valence electrons. The minimum Gasteiger partial charge on any atom is -0.444 e. The predicted molar refractivity (Wildman–Crippen MR) is 102 cm³/mol. The Bertz CT molecular complexity index is 1110. The van der Waals surface area contributed by atoms with Gasteiger partial charge in [-0.05, 0) is 36.5 Å². The quantitative estimate of drug-likeness (QED) is 0.560. The second kappa shape index (κ2) is 6.55. The normalized spacial score (nSPS) is 13.5. The smallest absolute Gasteiger partial charge is 0.277 e. The van der Waals surface area contributed by atoms with Crippen LogP contribution in [-0.2, 0) is 7.05 Å². The third kappa shape index (κ3) is 3.08. The molecule has 9 heteroatoms. The number of carbonyl (C=O) groups excluding carboxylic acids is 1. The van der Waals surface area contributed by atoms with Crippen LogP contribution < -0.4 is 5.32 Å². The highest BCUT2D eigenvalue weighted by atomic mass is 35.5. The van der Waals surface area contributed by atoms with Crippen molar-refractivity contribution in [3.63, 3.8) is 0 Å². The maximum absolute atomic E-state index is 12.7. The molecule has 0 unspecified atom stereocenters. The second-order valence-corrected chi connectivity index (χ2v) is 6.52. The first-order chi connectivity index (χ1) is 12.7. The Morgan fingerprint density at radius 1 is 1.33 bits per heavy atom. The third-order valence-electron chi connectivity index (χ3n) is 4.66. The van der Waals surface area contributed by atoms with Gasteiger partial charge < -0.3 is 9.73 Å². The molecule has 1 aliphatic rings. The van der Waals surface area contributed by atoms with Gasteiger partial charge in [-0.2, -0.15) is 10.2 Å². The summed E-state index contributed by atoms with van der Waals surface area (Å²) in [5.41, 5.74) is 3.95. The van der Waals surface area contributed by atoms with E-state index in [0.29, 0.717) is 17.4 Å². The number of benzene rings is 1. The number of fused-ring (bicyclic) bond motifs is 1. The lowest BCUT2D eigenvalue weighted by molar-refractivity contribution is 0.102. The lowest BCUT2D eigenvalue weighted by Crippen LogP contribution is -2.13. The Morgan fingerprint density at radius 2 is 2.19 bits per heavy atom. The van der Waals surface area contributed by atoms with Gasteiger partial charge in [0.15, 0.2) is 5.69 Å². The van der Waals surface area contributed by atoms with E-state index >= 15 is 0 Å². The average molecular weight is 385 g/mol. The van der Waals surface area contributed by atoms with Crippen molar-refractivity contribution >= 4 is 34.9 Å². The zero-order valence-electron chi connectivity index (χ0n) is 14.5. The van der Waals surface area contributed by atoms with E-state index in [4.69, 9.17) is 4.42 Å². The molecule has 0 atom stereocenters. The monoisotopic (exact) mass is 384 g/mol. The fourth-order valence-electron chi connectivity index (χ4n) is 3.12. The first-order valence-electron chi connectivity index (χ1n) is 8.41. The molecule has 0 bridgehead atoms. The number of anilines is 1. The van der Waals surface area contributed by atoms with Gasteiger partial charge in [0.05, 0.1) is 23.5 Å². The molecule has 2 N–H and O–H groups in total. The van der Waals surface area contributed by atoms with Gasteiger partial charge in [0.25, 0.3) is 5.91 Å². The number of aromatic nitrogens is 5. The standard InChI is InChI=1S/C18H16N6O2.ClH/c1-24-16-5-13(10-2-3-10)14(4-11(16)8-21-24)22-17(25)15-9-26-18(23-15)12-6-19-20-7-12;/h4-10H,2-3H2,1H3,(H,19,20)(H,22,25);1H. The molecule has 1 aliphatic carbocycles. The summed E-state index contributed by atoms with van der Waals surface area (Å²) in [6.45, 7) is 0. The molecular weight excluding hydrogens is 368 g/mol. The zero-order valence-corrected chi connectivity index (χ0v) is 15.3. The molecule has 3 heterocycles. The van der Waals surface area contributed by atoms with Crippen molar-refractivity contribution < 1.29 is 9.21 Å². The van der Waals surface area contributed by atoms with E-state index in [-0.39, 0.29) is 24.0 Å². The van der Waals surface area contributed by atoms with E-state index in [2.05, 4.69) is 31.7 Å². The molecule has 8 nitrogen and oxygen atoms in total. The molecule has 4 aromatic rings. The van der Waals surface area contributed by atoms with Crippen molar-refractivity contribution in [2.24, 2.45) is 7.05 Å². The largest absolute Gasteiger partial charge is 0.444 e. The van der Waals surface area contributed by atoms with Crippen LogP contribution in [0.2, 0.25) is 0 Å². The number of hydrogen-bond donors (Lipinski definition) is 2. The Morgan fingerprint density at radius 3 is 2.93 bits per heavy atom. The molecule has 1 fully saturated rings. The first-order valence-corrected chi connectivity index (χ1v) is 8.41. The van der Waals surface area contributed by atoms with Crippen molar-refractivity contribution in [3.05, 3.63) is 48.2 Å². The zero-order chi connectivity index (χ0) is 17.7. The molecule has 1 saturated carbocycles. The Kier molecular flexibility index (Phi) is 4.19. The summed E-state index contributed by atoms with van der Waals surface area (Å²) in [7, 11) is 1.92. The number of halogens is 1. The van der Waals surface area contributed by atoms with Crippen LogP contribution in [0.15, 0.2) is 41.4 Å². The van der Waals surface area contributed by atoms with Gasteiger partial charge in [-0.15, -0.1) is 12.4 Å². The van der Waals surface area contributed by atoms with Crippen LogP contribution in [0.25, 0.3) is 22.4 Å². The van der Waals surface area contributed by atoms with Gasteiger partial charge in [0.1, 0.15) is 6.26 Å². The number of aromatic amines is 1. The Labute approximate surface area is 160 Å². The van der Waals surface area contributed by atoms with Crippen molar-refractivity contribution in [1.82, 2.24) is 25.0 Å². The first kappa shape index (κ1) is 17.3. The number of nitrogens with one attached hydrogen (secondary N) is 2.